The van der Waals surface area contributed by atoms with E-state index < -0.39 is 11.2 Å². The Labute approximate surface area is 112 Å². The lowest BCUT2D eigenvalue weighted by Gasteiger charge is -2.45. The molecule has 1 fully saturated rings. The lowest BCUT2D eigenvalue weighted by molar-refractivity contribution is 0.105. The van der Waals surface area contributed by atoms with Crippen LogP contribution in [0.15, 0.2) is 9.59 Å². The van der Waals surface area contributed by atoms with Gasteiger partial charge in [0.15, 0.2) is 0 Å². The molecule has 0 amide bonds. The molecule has 1 aliphatic rings. The summed E-state index contributed by atoms with van der Waals surface area (Å²) in [5.74, 6) is 0.193. The lowest BCUT2D eigenvalue weighted by atomic mass is 9.63. The van der Waals surface area contributed by atoms with Crippen molar-refractivity contribution in [2.45, 2.75) is 53.0 Å². The minimum atomic E-state index is -0.583. The fourth-order valence-corrected chi connectivity index (χ4v) is 3.59. The number of aromatic nitrogens is 3. The van der Waals surface area contributed by atoms with Crippen LogP contribution in [-0.2, 0) is 0 Å². The Morgan fingerprint density at radius 3 is 2.26 bits per heavy atom. The van der Waals surface area contributed by atoms with Gasteiger partial charge in [0.05, 0.1) is 0 Å². The Balaban J connectivity index is 2.19. The first-order chi connectivity index (χ1) is 8.67. The molecule has 1 aromatic heterocycles. The van der Waals surface area contributed by atoms with Crippen molar-refractivity contribution in [1.29, 1.82) is 0 Å². The second-order valence-electron chi connectivity index (χ2n) is 7.11. The molecular formula is C13H22N4O2. The van der Waals surface area contributed by atoms with E-state index in [1.165, 1.54) is 0 Å². The van der Waals surface area contributed by atoms with Crippen molar-refractivity contribution in [3.63, 3.8) is 0 Å². The molecule has 19 heavy (non-hydrogen) atoms. The van der Waals surface area contributed by atoms with Crippen LogP contribution in [0.4, 0.5) is 5.82 Å². The van der Waals surface area contributed by atoms with Crippen LogP contribution in [-0.4, -0.2) is 21.2 Å². The smallest absolute Gasteiger partial charge is 0.342 e. The van der Waals surface area contributed by atoms with Gasteiger partial charge in [-0.2, -0.15) is 0 Å². The largest absolute Gasteiger partial charge is 0.361 e. The minimum absolute atomic E-state index is 0.193. The normalized spacial score (nSPS) is 22.1. The lowest BCUT2D eigenvalue weighted by Crippen LogP contribution is -2.42. The SMILES string of the molecule is CC1(C)CC(Nc2n[nH]c(=O)[nH]c2=O)CC(C)(C)C1. The Hall–Kier alpha value is -1.59. The van der Waals surface area contributed by atoms with E-state index in [0.29, 0.717) is 0 Å². The third-order valence-corrected chi connectivity index (χ3v) is 3.61. The van der Waals surface area contributed by atoms with Crippen molar-refractivity contribution in [2.24, 2.45) is 10.8 Å². The molecule has 0 unspecified atom stereocenters. The summed E-state index contributed by atoms with van der Waals surface area (Å²) in [4.78, 5) is 24.8. The summed E-state index contributed by atoms with van der Waals surface area (Å²) in [6.07, 6.45) is 3.13. The maximum atomic E-state index is 11.6. The number of aromatic amines is 2. The van der Waals surface area contributed by atoms with Crippen LogP contribution in [0.25, 0.3) is 0 Å². The molecule has 1 aromatic rings. The molecule has 2 rings (SSSR count). The van der Waals surface area contributed by atoms with Crippen molar-refractivity contribution in [1.82, 2.24) is 15.2 Å². The van der Waals surface area contributed by atoms with Crippen LogP contribution in [0.1, 0.15) is 47.0 Å². The van der Waals surface area contributed by atoms with Crippen molar-refractivity contribution < 1.29 is 0 Å². The van der Waals surface area contributed by atoms with Gasteiger partial charge < -0.3 is 5.32 Å². The molecule has 1 heterocycles. The van der Waals surface area contributed by atoms with Gasteiger partial charge in [0.1, 0.15) is 0 Å². The molecule has 106 valence electrons. The summed E-state index contributed by atoms with van der Waals surface area (Å²) < 4.78 is 0. The second kappa shape index (κ2) is 4.51. The van der Waals surface area contributed by atoms with Crippen LogP contribution in [0.5, 0.6) is 0 Å². The first-order valence-electron chi connectivity index (χ1n) is 6.62. The minimum Gasteiger partial charge on any atom is -0.361 e. The molecule has 1 saturated carbocycles. The molecular weight excluding hydrogens is 244 g/mol. The van der Waals surface area contributed by atoms with Crippen molar-refractivity contribution in [3.05, 3.63) is 20.8 Å². The Morgan fingerprint density at radius 1 is 1.16 bits per heavy atom. The zero-order valence-electron chi connectivity index (χ0n) is 12.0. The predicted molar refractivity (Wildman–Crippen MR) is 74.3 cm³/mol. The Kier molecular flexibility index (Phi) is 3.28. The fourth-order valence-electron chi connectivity index (χ4n) is 3.59. The standard InChI is InChI=1S/C13H22N4O2/c1-12(2)5-8(6-13(3,4)7-12)14-9-10(18)15-11(19)17-16-9/h8H,5-7H2,1-4H3,(H,14,16)(H2,15,17,18,19). The summed E-state index contributed by atoms with van der Waals surface area (Å²) in [6.45, 7) is 8.97. The number of hydrogen-bond donors (Lipinski definition) is 3. The highest BCUT2D eigenvalue weighted by molar-refractivity contribution is 5.31. The summed E-state index contributed by atoms with van der Waals surface area (Å²) in [5, 5.41) is 9.19. The van der Waals surface area contributed by atoms with Crippen molar-refractivity contribution in [3.8, 4) is 0 Å². The average Bonchev–Trinajstić information content (AvgIpc) is 2.17. The van der Waals surface area contributed by atoms with Gasteiger partial charge in [0, 0.05) is 6.04 Å². The van der Waals surface area contributed by atoms with Gasteiger partial charge in [-0.1, -0.05) is 27.7 Å². The molecule has 0 aromatic carbocycles. The molecule has 0 radical (unpaired) electrons. The fraction of sp³-hybridized carbons (Fsp3) is 0.769. The van der Waals surface area contributed by atoms with E-state index in [1.807, 2.05) is 0 Å². The van der Waals surface area contributed by atoms with Gasteiger partial charge in [-0.15, -0.1) is 5.10 Å². The molecule has 0 spiro atoms. The highest BCUT2D eigenvalue weighted by Gasteiger charge is 2.38. The van der Waals surface area contributed by atoms with Gasteiger partial charge in [0.25, 0.3) is 5.56 Å². The van der Waals surface area contributed by atoms with Crippen LogP contribution in [0, 0.1) is 10.8 Å². The average molecular weight is 266 g/mol. The molecule has 1 aliphatic carbocycles. The molecule has 6 heteroatoms. The van der Waals surface area contributed by atoms with E-state index in [1.54, 1.807) is 0 Å². The summed E-state index contributed by atoms with van der Waals surface area (Å²) in [5.41, 5.74) is -0.590. The highest BCUT2D eigenvalue weighted by atomic mass is 16.2. The number of H-pyrrole nitrogens is 2. The molecule has 0 bridgehead atoms. The van der Waals surface area contributed by atoms with Gasteiger partial charge in [-0.3, -0.25) is 9.78 Å². The highest BCUT2D eigenvalue weighted by Crippen LogP contribution is 2.46. The van der Waals surface area contributed by atoms with E-state index in [4.69, 9.17) is 0 Å². The predicted octanol–water partition coefficient (Wildman–Crippen LogP) is 1.47. The van der Waals surface area contributed by atoms with E-state index in [9.17, 15) is 9.59 Å². The van der Waals surface area contributed by atoms with Gasteiger partial charge in [-0.25, -0.2) is 9.89 Å². The van der Waals surface area contributed by atoms with Crippen molar-refractivity contribution >= 4 is 5.82 Å². The molecule has 6 nitrogen and oxygen atoms in total. The molecule has 0 aliphatic heterocycles. The summed E-state index contributed by atoms with van der Waals surface area (Å²) in [7, 11) is 0. The van der Waals surface area contributed by atoms with Gasteiger partial charge in [0.2, 0.25) is 5.82 Å². The van der Waals surface area contributed by atoms with E-state index in [2.05, 4.69) is 48.2 Å². The van der Waals surface area contributed by atoms with E-state index >= 15 is 0 Å². The maximum absolute atomic E-state index is 11.6. The maximum Gasteiger partial charge on any atom is 0.342 e. The molecule has 0 atom stereocenters. The number of nitrogens with one attached hydrogen (secondary N) is 3. The Bertz CT molecular complexity index is 554. The third-order valence-electron chi connectivity index (χ3n) is 3.61. The van der Waals surface area contributed by atoms with E-state index in [0.717, 1.165) is 19.3 Å². The quantitative estimate of drug-likeness (QED) is 0.756. The van der Waals surface area contributed by atoms with Crippen LogP contribution in [0.3, 0.4) is 0 Å². The first kappa shape index (κ1) is 13.8. The summed E-state index contributed by atoms with van der Waals surface area (Å²) >= 11 is 0. The number of anilines is 1. The molecule has 3 N–H and O–H groups in total. The van der Waals surface area contributed by atoms with Crippen molar-refractivity contribution in [2.75, 3.05) is 5.32 Å². The third kappa shape index (κ3) is 3.45. The monoisotopic (exact) mass is 266 g/mol. The van der Waals surface area contributed by atoms with Gasteiger partial charge >= 0.3 is 5.69 Å². The number of hydrogen-bond acceptors (Lipinski definition) is 4. The summed E-state index contributed by atoms with van der Waals surface area (Å²) in [6, 6.07) is 0.193. The van der Waals surface area contributed by atoms with E-state index in [-0.39, 0.29) is 22.7 Å². The topological polar surface area (TPSA) is 90.6 Å². The number of rotatable bonds is 2. The molecule has 0 saturated heterocycles. The second-order valence-corrected chi connectivity index (χ2v) is 7.11. The zero-order valence-corrected chi connectivity index (χ0v) is 12.0. The van der Waals surface area contributed by atoms with Crippen LogP contribution in [0.2, 0.25) is 0 Å². The van der Waals surface area contributed by atoms with Crippen LogP contribution < -0.4 is 16.6 Å². The first-order valence-corrected chi connectivity index (χ1v) is 6.62. The van der Waals surface area contributed by atoms with Crippen LogP contribution >= 0.6 is 0 Å². The zero-order chi connectivity index (χ0) is 14.3. The number of nitrogens with zero attached hydrogens (tertiary/aromatic N) is 1. The van der Waals surface area contributed by atoms with Gasteiger partial charge in [-0.05, 0) is 30.1 Å². The Morgan fingerprint density at radius 2 is 1.74 bits per heavy atom.